The topological polar surface area (TPSA) is 95.9 Å². The highest BCUT2D eigenvalue weighted by Crippen LogP contribution is 2.18. The van der Waals surface area contributed by atoms with E-state index in [4.69, 9.17) is 4.74 Å². The maximum absolute atomic E-state index is 12.5. The Morgan fingerprint density at radius 1 is 0.386 bits per heavy atom. The van der Waals surface area contributed by atoms with Crippen LogP contribution in [0.1, 0.15) is 348 Å². The van der Waals surface area contributed by atoms with Gasteiger partial charge in [0.15, 0.2) is 0 Å². The molecule has 414 valence electrons. The third-order valence-corrected chi connectivity index (χ3v) is 14.7. The second-order valence-electron chi connectivity index (χ2n) is 21.7. The highest BCUT2D eigenvalue weighted by molar-refractivity contribution is 5.76. The lowest BCUT2D eigenvalue weighted by Crippen LogP contribution is -2.45. The summed E-state index contributed by atoms with van der Waals surface area (Å²) in [4.78, 5) is 24.5. The molecule has 0 radical (unpaired) electrons. The maximum Gasteiger partial charge on any atom is 0.305 e. The number of hydrogen-bond acceptors (Lipinski definition) is 5. The Bertz CT molecular complexity index is 1090. The molecular weight excluding hydrogens is 863 g/mol. The van der Waals surface area contributed by atoms with Gasteiger partial charge in [-0.2, -0.15) is 0 Å². The van der Waals surface area contributed by atoms with Crippen molar-refractivity contribution in [3.8, 4) is 0 Å². The van der Waals surface area contributed by atoms with Crippen molar-refractivity contribution >= 4 is 11.9 Å². The van der Waals surface area contributed by atoms with Crippen LogP contribution < -0.4 is 5.32 Å². The van der Waals surface area contributed by atoms with Crippen molar-refractivity contribution in [2.75, 3.05) is 13.2 Å². The minimum atomic E-state index is -0.666. The standard InChI is InChI=1S/C64H123NO5/c1-3-5-7-9-11-13-15-16-17-27-30-33-37-40-44-48-52-56-62(67)61(60-66)65-63(68)57-53-49-45-41-38-34-31-28-25-23-21-19-18-20-22-24-26-29-32-35-39-43-47-51-55-59-70-64(69)58-54-50-46-42-36-14-12-10-8-6-4-2/h10,12,19,21,61-62,66-67H,3-9,11,13-18,20,22-60H2,1-2H3,(H,65,68)/b12-10-,21-19-. The summed E-state index contributed by atoms with van der Waals surface area (Å²) in [6.45, 7) is 4.93. The summed E-state index contributed by atoms with van der Waals surface area (Å²) < 4.78 is 5.46. The van der Waals surface area contributed by atoms with Crippen molar-refractivity contribution in [1.82, 2.24) is 5.32 Å². The molecule has 0 rings (SSSR count). The van der Waals surface area contributed by atoms with Crippen LogP contribution in [0, 0.1) is 0 Å². The van der Waals surface area contributed by atoms with Crippen LogP contribution in [-0.2, 0) is 14.3 Å². The van der Waals surface area contributed by atoms with E-state index in [1.165, 1.54) is 270 Å². The fourth-order valence-electron chi connectivity index (χ4n) is 9.85. The smallest absolute Gasteiger partial charge is 0.305 e. The van der Waals surface area contributed by atoms with Crippen LogP contribution in [0.25, 0.3) is 0 Å². The first-order valence-electron chi connectivity index (χ1n) is 31.6. The van der Waals surface area contributed by atoms with Gasteiger partial charge in [-0.05, 0) is 70.6 Å². The third kappa shape index (κ3) is 55.7. The molecule has 1 amide bonds. The zero-order chi connectivity index (χ0) is 50.7. The second-order valence-corrected chi connectivity index (χ2v) is 21.7. The highest BCUT2D eigenvalue weighted by Gasteiger charge is 2.20. The van der Waals surface area contributed by atoms with Crippen LogP contribution >= 0.6 is 0 Å². The first kappa shape index (κ1) is 68.3. The second kappa shape index (κ2) is 59.9. The molecule has 2 unspecified atom stereocenters. The molecule has 6 heteroatoms. The van der Waals surface area contributed by atoms with E-state index in [0.717, 1.165) is 44.9 Å². The zero-order valence-corrected chi connectivity index (χ0v) is 47.3. The molecule has 2 atom stereocenters. The Morgan fingerprint density at radius 3 is 1.06 bits per heavy atom. The van der Waals surface area contributed by atoms with Gasteiger partial charge in [-0.25, -0.2) is 0 Å². The Labute approximate surface area is 437 Å². The fourth-order valence-corrected chi connectivity index (χ4v) is 9.85. The zero-order valence-electron chi connectivity index (χ0n) is 47.3. The molecule has 0 aliphatic rings. The summed E-state index contributed by atoms with van der Waals surface area (Å²) in [5.41, 5.74) is 0. The van der Waals surface area contributed by atoms with E-state index >= 15 is 0 Å². The molecular formula is C64H123NO5. The molecule has 0 aromatic heterocycles. The van der Waals surface area contributed by atoms with E-state index in [0.29, 0.717) is 25.9 Å². The SMILES string of the molecule is CCCC/C=C\CCCCCCCC(=O)OCCCCCCCCCCCCCC/C=C\CCCCCCCCCCCC(=O)NC(CO)C(O)CCCCCCCCCCCCCCCCCCC. The number of aliphatic hydroxyl groups excluding tert-OH is 2. The van der Waals surface area contributed by atoms with Crippen molar-refractivity contribution in [3.05, 3.63) is 24.3 Å². The third-order valence-electron chi connectivity index (χ3n) is 14.7. The van der Waals surface area contributed by atoms with Crippen LogP contribution in [0.4, 0.5) is 0 Å². The summed E-state index contributed by atoms with van der Waals surface area (Å²) in [7, 11) is 0. The number of esters is 1. The highest BCUT2D eigenvalue weighted by atomic mass is 16.5. The molecule has 0 spiro atoms. The van der Waals surface area contributed by atoms with Crippen LogP contribution in [0.5, 0.6) is 0 Å². The number of rotatable bonds is 59. The van der Waals surface area contributed by atoms with E-state index in [2.05, 4.69) is 43.5 Å². The molecule has 0 heterocycles. The number of amides is 1. The van der Waals surface area contributed by atoms with Gasteiger partial charge in [0.1, 0.15) is 0 Å². The summed E-state index contributed by atoms with van der Waals surface area (Å²) >= 11 is 0. The van der Waals surface area contributed by atoms with Crippen LogP contribution in [0.3, 0.4) is 0 Å². The Hall–Kier alpha value is -1.66. The summed E-state index contributed by atoms with van der Waals surface area (Å²) in [5.74, 6) is -0.0328. The van der Waals surface area contributed by atoms with Crippen LogP contribution in [0.15, 0.2) is 24.3 Å². The van der Waals surface area contributed by atoms with Crippen molar-refractivity contribution < 1.29 is 24.5 Å². The van der Waals surface area contributed by atoms with E-state index < -0.39 is 12.1 Å². The molecule has 0 aliphatic carbocycles. The van der Waals surface area contributed by atoms with Crippen molar-refractivity contribution in [1.29, 1.82) is 0 Å². The Morgan fingerprint density at radius 2 is 0.686 bits per heavy atom. The van der Waals surface area contributed by atoms with Gasteiger partial charge in [0.25, 0.3) is 0 Å². The van der Waals surface area contributed by atoms with Gasteiger partial charge in [0.05, 0.1) is 25.4 Å². The minimum absolute atomic E-state index is 0.00266. The number of carbonyl (C=O) groups excluding carboxylic acids is 2. The summed E-state index contributed by atoms with van der Waals surface area (Å²) in [5, 5.41) is 23.3. The predicted octanol–water partition coefficient (Wildman–Crippen LogP) is 19.8. The number of aliphatic hydroxyl groups is 2. The largest absolute Gasteiger partial charge is 0.466 e. The molecule has 0 aliphatic heterocycles. The number of ether oxygens (including phenoxy) is 1. The Balaban J connectivity index is 3.40. The minimum Gasteiger partial charge on any atom is -0.466 e. The lowest BCUT2D eigenvalue weighted by molar-refractivity contribution is -0.143. The number of allylic oxidation sites excluding steroid dienone is 4. The molecule has 0 saturated heterocycles. The monoisotopic (exact) mass is 986 g/mol. The van der Waals surface area contributed by atoms with Gasteiger partial charge < -0.3 is 20.3 Å². The number of nitrogens with one attached hydrogen (secondary N) is 1. The van der Waals surface area contributed by atoms with Crippen molar-refractivity contribution in [3.63, 3.8) is 0 Å². The van der Waals surface area contributed by atoms with Crippen LogP contribution in [0.2, 0.25) is 0 Å². The lowest BCUT2D eigenvalue weighted by atomic mass is 10.0. The quantitative estimate of drug-likeness (QED) is 0.0321. The van der Waals surface area contributed by atoms with Gasteiger partial charge in [-0.15, -0.1) is 0 Å². The first-order valence-corrected chi connectivity index (χ1v) is 31.6. The number of hydrogen-bond donors (Lipinski definition) is 3. The van der Waals surface area contributed by atoms with Gasteiger partial charge in [-0.3, -0.25) is 9.59 Å². The van der Waals surface area contributed by atoms with Gasteiger partial charge in [0, 0.05) is 12.8 Å². The molecule has 0 aromatic rings. The molecule has 0 fully saturated rings. The average Bonchev–Trinajstić information content (AvgIpc) is 3.36. The Kier molecular flexibility index (Phi) is 58.5. The fraction of sp³-hybridized carbons (Fsp3) is 0.906. The van der Waals surface area contributed by atoms with E-state index in [1.807, 2.05) is 0 Å². The van der Waals surface area contributed by atoms with Crippen molar-refractivity contribution in [2.45, 2.75) is 360 Å². The molecule has 0 bridgehead atoms. The van der Waals surface area contributed by atoms with Gasteiger partial charge in [0.2, 0.25) is 5.91 Å². The van der Waals surface area contributed by atoms with E-state index in [9.17, 15) is 19.8 Å². The normalized spacial score (nSPS) is 12.7. The van der Waals surface area contributed by atoms with Gasteiger partial charge >= 0.3 is 5.97 Å². The molecule has 70 heavy (non-hydrogen) atoms. The van der Waals surface area contributed by atoms with Crippen molar-refractivity contribution in [2.24, 2.45) is 0 Å². The van der Waals surface area contributed by atoms with E-state index in [1.54, 1.807) is 0 Å². The molecule has 0 saturated carbocycles. The predicted molar refractivity (Wildman–Crippen MR) is 306 cm³/mol. The van der Waals surface area contributed by atoms with E-state index in [-0.39, 0.29) is 18.5 Å². The maximum atomic E-state index is 12.5. The first-order chi connectivity index (χ1) is 34.5. The summed E-state index contributed by atoms with van der Waals surface area (Å²) in [6.07, 6.45) is 73.4. The lowest BCUT2D eigenvalue weighted by Gasteiger charge is -2.22. The summed E-state index contributed by atoms with van der Waals surface area (Å²) in [6, 6.07) is -0.544. The molecule has 0 aromatic carbocycles. The van der Waals surface area contributed by atoms with Crippen LogP contribution in [-0.4, -0.2) is 47.4 Å². The molecule has 6 nitrogen and oxygen atoms in total. The van der Waals surface area contributed by atoms with Gasteiger partial charge in [-0.1, -0.05) is 289 Å². The number of unbranched alkanes of at least 4 members (excludes halogenated alkanes) is 44. The number of carbonyl (C=O) groups is 2. The average molecular weight is 987 g/mol. The molecule has 3 N–H and O–H groups in total.